The number of carbonyl (C=O) groups excluding carboxylic acids is 1. The Bertz CT molecular complexity index is 772. The van der Waals surface area contributed by atoms with E-state index in [1.165, 1.54) is 21.6 Å². The van der Waals surface area contributed by atoms with E-state index in [9.17, 15) is 4.79 Å². The summed E-state index contributed by atoms with van der Waals surface area (Å²) in [7, 11) is -1.36. The maximum Gasteiger partial charge on any atom is 0.308 e. The molecule has 0 aromatic heterocycles. The van der Waals surface area contributed by atoms with Gasteiger partial charge in [0.2, 0.25) is 0 Å². The van der Waals surface area contributed by atoms with Gasteiger partial charge in [0, 0.05) is 6.92 Å². The number of rotatable bonds is 4. The molecule has 0 saturated heterocycles. The second kappa shape index (κ2) is 6.93. The van der Waals surface area contributed by atoms with Crippen molar-refractivity contribution in [2.45, 2.75) is 21.6 Å². The van der Waals surface area contributed by atoms with Crippen molar-refractivity contribution < 1.29 is 9.53 Å². The van der Waals surface area contributed by atoms with E-state index < -0.39 is 10.0 Å². The first-order valence-corrected chi connectivity index (χ1v) is 9.82. The summed E-state index contributed by atoms with van der Waals surface area (Å²) < 4.78 is 5.16. The molecule has 122 valence electrons. The molecule has 0 aliphatic rings. The fraction of sp³-hybridized carbons (Fsp3) is 0.0952. The molecule has 0 aliphatic carbocycles. The van der Waals surface area contributed by atoms with E-state index in [4.69, 9.17) is 4.74 Å². The highest BCUT2D eigenvalue weighted by Crippen LogP contribution is 2.65. The molecule has 0 N–H and O–H groups in total. The van der Waals surface area contributed by atoms with Gasteiger partial charge in [-0.3, -0.25) is 4.79 Å². The Morgan fingerprint density at radius 1 is 0.708 bits per heavy atom. The van der Waals surface area contributed by atoms with Crippen LogP contribution in [0.4, 0.5) is 0 Å². The first-order valence-electron chi connectivity index (χ1n) is 7.78. The van der Waals surface area contributed by atoms with E-state index in [1.807, 2.05) is 24.3 Å². The molecule has 0 atom stereocenters. The van der Waals surface area contributed by atoms with Gasteiger partial charge >= 0.3 is 5.97 Å². The molecule has 3 aromatic rings. The highest BCUT2D eigenvalue weighted by atomic mass is 32.3. The minimum absolute atomic E-state index is 0.302. The largest absolute Gasteiger partial charge is 0.427 e. The number of hydrogen-bond acceptors (Lipinski definition) is 2. The zero-order valence-electron chi connectivity index (χ0n) is 13.8. The second-order valence-electron chi connectivity index (χ2n) is 5.61. The van der Waals surface area contributed by atoms with E-state index in [-0.39, 0.29) is 5.97 Å². The summed E-state index contributed by atoms with van der Waals surface area (Å²) >= 11 is 0. The Balaban J connectivity index is 2.10. The van der Waals surface area contributed by atoms with Gasteiger partial charge in [-0.2, -0.15) is 10.0 Å². The smallest absolute Gasteiger partial charge is 0.308 e. The van der Waals surface area contributed by atoms with E-state index in [0.29, 0.717) is 5.75 Å². The van der Waals surface area contributed by atoms with Crippen molar-refractivity contribution in [2.75, 3.05) is 6.26 Å². The molecule has 0 amide bonds. The van der Waals surface area contributed by atoms with Gasteiger partial charge in [-0.25, -0.2) is 0 Å². The van der Waals surface area contributed by atoms with Crippen molar-refractivity contribution >= 4 is 16.0 Å². The van der Waals surface area contributed by atoms with Crippen molar-refractivity contribution in [2.24, 2.45) is 0 Å². The Morgan fingerprint density at radius 3 is 1.54 bits per heavy atom. The Kier molecular flexibility index (Phi) is 4.72. The van der Waals surface area contributed by atoms with Crippen LogP contribution >= 0.6 is 10.0 Å². The van der Waals surface area contributed by atoms with E-state index >= 15 is 0 Å². The van der Waals surface area contributed by atoms with Gasteiger partial charge < -0.3 is 4.74 Å². The monoisotopic (exact) mass is 336 g/mol. The third-order valence-corrected chi connectivity index (χ3v) is 7.63. The average Bonchev–Trinajstić information content (AvgIpc) is 2.63. The summed E-state index contributed by atoms with van der Waals surface area (Å²) in [4.78, 5) is 15.0. The van der Waals surface area contributed by atoms with Crippen molar-refractivity contribution in [3.8, 4) is 5.75 Å². The van der Waals surface area contributed by atoms with Crippen LogP contribution in [-0.4, -0.2) is 12.2 Å². The Morgan fingerprint density at radius 2 is 1.12 bits per heavy atom. The SMILES string of the molecule is CC(=O)Oc1ccc(S(C)(c2ccccc2)c2ccccc2)cc1. The van der Waals surface area contributed by atoms with Crippen LogP contribution < -0.4 is 4.74 Å². The summed E-state index contributed by atoms with van der Waals surface area (Å²) in [5.41, 5.74) is 0. The lowest BCUT2D eigenvalue weighted by molar-refractivity contribution is -0.131. The number of ether oxygens (including phenoxy) is 1. The normalized spacial score (nSPS) is 11.8. The van der Waals surface area contributed by atoms with Crippen LogP contribution in [0.15, 0.2) is 99.6 Å². The van der Waals surface area contributed by atoms with Gasteiger partial charge in [-0.15, -0.1) is 0 Å². The van der Waals surface area contributed by atoms with Crippen LogP contribution in [0, 0.1) is 0 Å². The third-order valence-electron chi connectivity index (χ3n) is 3.99. The van der Waals surface area contributed by atoms with Gasteiger partial charge in [0.25, 0.3) is 0 Å². The maximum absolute atomic E-state index is 11.1. The minimum Gasteiger partial charge on any atom is -0.427 e. The number of esters is 1. The first-order chi connectivity index (χ1) is 11.6. The molecular formula is C21H20O2S. The van der Waals surface area contributed by atoms with E-state index in [1.54, 1.807) is 0 Å². The van der Waals surface area contributed by atoms with Gasteiger partial charge in [0.05, 0.1) is 0 Å². The van der Waals surface area contributed by atoms with Crippen molar-refractivity contribution in [3.05, 3.63) is 84.9 Å². The molecule has 0 aliphatic heterocycles. The molecule has 0 heterocycles. The lowest BCUT2D eigenvalue weighted by atomic mass is 10.3. The number of benzene rings is 3. The summed E-state index contributed by atoms with van der Waals surface area (Å²) in [6, 6.07) is 29.0. The lowest BCUT2D eigenvalue weighted by Crippen LogP contribution is -2.03. The van der Waals surface area contributed by atoms with Crippen LogP contribution in [0.2, 0.25) is 0 Å². The standard InChI is InChI=1S/C21H20O2S/c1-17(22)23-18-13-15-21(16-14-18)24(2,19-9-5-3-6-10-19)20-11-7-4-8-12-20/h3-16H,1-2H3. The summed E-state index contributed by atoms with van der Waals surface area (Å²) in [6.07, 6.45) is 2.30. The molecule has 0 unspecified atom stereocenters. The molecule has 0 saturated carbocycles. The summed E-state index contributed by atoms with van der Waals surface area (Å²) in [5, 5.41) is 0. The van der Waals surface area contributed by atoms with Crippen LogP contribution in [0.5, 0.6) is 5.75 Å². The zero-order valence-corrected chi connectivity index (χ0v) is 14.6. The molecule has 3 heteroatoms. The minimum atomic E-state index is -1.36. The van der Waals surface area contributed by atoms with Crippen molar-refractivity contribution in [1.82, 2.24) is 0 Å². The van der Waals surface area contributed by atoms with E-state index in [0.717, 1.165) is 0 Å². The third kappa shape index (κ3) is 3.22. The molecule has 0 spiro atoms. The average molecular weight is 336 g/mol. The quantitative estimate of drug-likeness (QED) is 0.463. The molecule has 3 aromatic carbocycles. The topological polar surface area (TPSA) is 26.3 Å². The van der Waals surface area contributed by atoms with Crippen molar-refractivity contribution in [3.63, 3.8) is 0 Å². The Labute approximate surface area is 144 Å². The van der Waals surface area contributed by atoms with Gasteiger partial charge in [-0.1, -0.05) is 36.4 Å². The fourth-order valence-electron chi connectivity index (χ4n) is 2.74. The van der Waals surface area contributed by atoms with Gasteiger partial charge in [0.1, 0.15) is 5.75 Å². The van der Waals surface area contributed by atoms with Crippen molar-refractivity contribution in [1.29, 1.82) is 0 Å². The highest BCUT2D eigenvalue weighted by Gasteiger charge is 2.25. The molecule has 0 radical (unpaired) electrons. The van der Waals surface area contributed by atoms with Crippen LogP contribution in [0.25, 0.3) is 0 Å². The summed E-state index contributed by atoms with van der Waals surface area (Å²) in [6.45, 7) is 1.41. The number of carbonyl (C=O) groups is 1. The van der Waals surface area contributed by atoms with Gasteiger partial charge in [0.15, 0.2) is 0 Å². The predicted octanol–water partition coefficient (Wildman–Crippen LogP) is 5.52. The van der Waals surface area contributed by atoms with Crippen LogP contribution in [0.1, 0.15) is 6.92 Å². The molecule has 2 nitrogen and oxygen atoms in total. The molecule has 24 heavy (non-hydrogen) atoms. The first kappa shape index (κ1) is 16.3. The number of hydrogen-bond donors (Lipinski definition) is 0. The Hall–Kier alpha value is -2.52. The van der Waals surface area contributed by atoms with Crippen LogP contribution in [0.3, 0.4) is 0 Å². The maximum atomic E-state index is 11.1. The second-order valence-corrected chi connectivity index (χ2v) is 8.86. The molecule has 0 bridgehead atoms. The zero-order chi connectivity index (χ0) is 17.0. The fourth-order valence-corrected chi connectivity index (χ4v) is 5.64. The van der Waals surface area contributed by atoms with Crippen LogP contribution in [-0.2, 0) is 4.79 Å². The van der Waals surface area contributed by atoms with E-state index in [2.05, 4.69) is 66.9 Å². The molecule has 3 rings (SSSR count). The van der Waals surface area contributed by atoms with Gasteiger partial charge in [-0.05, 0) is 69.5 Å². The molecular weight excluding hydrogens is 316 g/mol. The molecule has 0 fully saturated rings. The highest BCUT2D eigenvalue weighted by molar-refractivity contribution is 8.33. The predicted molar refractivity (Wildman–Crippen MR) is 98.9 cm³/mol. The lowest BCUT2D eigenvalue weighted by Gasteiger charge is -2.37. The summed E-state index contributed by atoms with van der Waals surface area (Å²) in [5.74, 6) is 0.276.